The Bertz CT molecular complexity index is 1400. The lowest BCUT2D eigenvalue weighted by Crippen LogP contribution is -2.49. The molecule has 0 radical (unpaired) electrons. The third kappa shape index (κ3) is 7.29. The van der Waals surface area contributed by atoms with Crippen LogP contribution in [-0.4, -0.2) is 81.2 Å². The number of nitrogens with one attached hydrogen (secondary N) is 1. The molecule has 2 aromatic rings. The lowest BCUT2D eigenvalue weighted by Gasteiger charge is -2.40. The highest BCUT2D eigenvalue weighted by atomic mass is 16.5. The van der Waals surface area contributed by atoms with Crippen molar-refractivity contribution in [2.45, 2.75) is 53.0 Å². The van der Waals surface area contributed by atoms with Crippen LogP contribution in [-0.2, 0) is 17.8 Å². The molecule has 0 aliphatic carbocycles. The number of aromatic nitrogens is 1. The summed E-state index contributed by atoms with van der Waals surface area (Å²) in [4.78, 5) is 26.2. The smallest absolute Gasteiger partial charge is 0.248 e. The summed E-state index contributed by atoms with van der Waals surface area (Å²) in [7, 11) is 5.74. The van der Waals surface area contributed by atoms with Crippen LogP contribution in [0.1, 0.15) is 61.1 Å². The Hall–Kier alpha value is -4.19. The second-order valence-electron chi connectivity index (χ2n) is 12.1. The van der Waals surface area contributed by atoms with Crippen LogP contribution < -0.4 is 19.9 Å². The van der Waals surface area contributed by atoms with Crippen molar-refractivity contribution in [1.29, 1.82) is 5.26 Å². The van der Waals surface area contributed by atoms with Crippen LogP contribution >= 0.6 is 0 Å². The summed E-state index contributed by atoms with van der Waals surface area (Å²) in [6, 6.07) is 6.70. The van der Waals surface area contributed by atoms with Gasteiger partial charge in [0.15, 0.2) is 0 Å². The van der Waals surface area contributed by atoms with Gasteiger partial charge in [-0.25, -0.2) is 4.98 Å². The first-order chi connectivity index (χ1) is 21.2. The second kappa shape index (κ2) is 15.0. The summed E-state index contributed by atoms with van der Waals surface area (Å²) < 4.78 is 6.36. The molecule has 1 aromatic heterocycles. The van der Waals surface area contributed by atoms with Crippen molar-refractivity contribution >= 4 is 29.0 Å². The molecule has 9 nitrogen and oxygen atoms in total. The number of benzene rings is 1. The number of piperazine rings is 1. The number of rotatable bonds is 12. The SMILES string of the molecule is C=Cc1c(NC)ccc(C)c1N1CCc2c(nc(OC[C@@H](C)CCCC)c(C#N)c2N2CCN(C(=O)/C=C/N(C)C)CC2)C1. The number of hydrogen-bond acceptors (Lipinski definition) is 8. The molecule has 1 aromatic carbocycles. The summed E-state index contributed by atoms with van der Waals surface area (Å²) in [6.07, 6.45) is 9.44. The van der Waals surface area contributed by atoms with E-state index < -0.39 is 0 Å². The summed E-state index contributed by atoms with van der Waals surface area (Å²) in [6.45, 7) is 15.0. The predicted molar refractivity (Wildman–Crippen MR) is 180 cm³/mol. The largest absolute Gasteiger partial charge is 0.476 e. The van der Waals surface area contributed by atoms with E-state index in [4.69, 9.17) is 9.72 Å². The summed E-state index contributed by atoms with van der Waals surface area (Å²) >= 11 is 0. The molecule has 2 aliphatic heterocycles. The number of ether oxygens (including phenoxy) is 1. The molecule has 1 N–H and O–H groups in total. The Kier molecular flexibility index (Phi) is 11.2. The third-order valence-electron chi connectivity index (χ3n) is 8.59. The van der Waals surface area contributed by atoms with Crippen LogP contribution in [0.5, 0.6) is 5.88 Å². The minimum absolute atomic E-state index is 0.00790. The van der Waals surface area contributed by atoms with Gasteiger partial charge < -0.3 is 29.7 Å². The molecular weight excluding hydrogens is 550 g/mol. The Morgan fingerprint density at radius 2 is 1.95 bits per heavy atom. The van der Waals surface area contributed by atoms with Gasteiger partial charge in [-0.05, 0) is 37.3 Å². The van der Waals surface area contributed by atoms with E-state index in [0.29, 0.717) is 56.7 Å². The number of nitrogens with zero attached hydrogens (tertiary/aromatic N) is 6. The molecule has 1 fully saturated rings. The van der Waals surface area contributed by atoms with Crippen molar-refractivity contribution < 1.29 is 9.53 Å². The quantitative estimate of drug-likeness (QED) is 0.323. The molecule has 1 amide bonds. The fourth-order valence-corrected chi connectivity index (χ4v) is 6.17. The molecular formula is C35H49N7O2. The minimum atomic E-state index is 0.00790. The lowest BCUT2D eigenvalue weighted by molar-refractivity contribution is -0.126. The standard InChI is InChI=1S/C35H49N7O2/c1-8-10-11-25(3)24-44-35-29(22-36)34(41-20-18-40(19-21-41)32(43)15-16-39(6)7)28-14-17-42(23-31(28)38-35)33-26(4)12-13-30(37-5)27(33)9-2/h9,12-13,15-16,25,37H,2,8,10-11,14,17-21,23-24H2,1,3-7H3/b16-15+/t25-/m0/s1. The van der Waals surface area contributed by atoms with Crippen molar-refractivity contribution in [2.75, 3.05) is 75.6 Å². The van der Waals surface area contributed by atoms with E-state index in [-0.39, 0.29) is 5.91 Å². The normalized spacial score (nSPS) is 15.5. The van der Waals surface area contributed by atoms with E-state index in [2.05, 4.69) is 60.7 Å². The van der Waals surface area contributed by atoms with Crippen molar-refractivity contribution in [2.24, 2.45) is 5.92 Å². The zero-order valence-corrected chi connectivity index (χ0v) is 27.4. The van der Waals surface area contributed by atoms with Crippen LogP contribution in [0, 0.1) is 24.2 Å². The molecule has 1 saturated heterocycles. The maximum Gasteiger partial charge on any atom is 0.248 e. The number of aryl methyl sites for hydroxylation is 1. The average molecular weight is 600 g/mol. The summed E-state index contributed by atoms with van der Waals surface area (Å²) in [5, 5.41) is 13.8. The van der Waals surface area contributed by atoms with E-state index in [0.717, 1.165) is 66.1 Å². The molecule has 236 valence electrons. The fourth-order valence-electron chi connectivity index (χ4n) is 6.17. The van der Waals surface area contributed by atoms with E-state index in [1.165, 1.54) is 5.56 Å². The number of fused-ring (bicyclic) bond motifs is 1. The number of carbonyl (C=O) groups is 1. The molecule has 0 saturated carbocycles. The zero-order chi connectivity index (χ0) is 31.8. The average Bonchev–Trinajstić information content (AvgIpc) is 3.03. The number of amides is 1. The van der Waals surface area contributed by atoms with Crippen molar-refractivity contribution in [3.8, 4) is 11.9 Å². The number of pyridine rings is 1. The number of anilines is 3. The minimum Gasteiger partial charge on any atom is -0.476 e. The van der Waals surface area contributed by atoms with Gasteiger partial charge in [0.05, 0.1) is 24.5 Å². The Labute approximate surface area is 263 Å². The number of nitriles is 1. The predicted octanol–water partition coefficient (Wildman–Crippen LogP) is 5.44. The Balaban J connectivity index is 1.70. The number of carbonyl (C=O) groups excluding carboxylic acids is 1. The molecule has 1 atom stereocenters. The molecule has 44 heavy (non-hydrogen) atoms. The maximum atomic E-state index is 12.8. The monoisotopic (exact) mass is 599 g/mol. The van der Waals surface area contributed by atoms with Gasteiger partial charge in [-0.3, -0.25) is 4.79 Å². The molecule has 3 heterocycles. The van der Waals surface area contributed by atoms with E-state index in [9.17, 15) is 10.1 Å². The van der Waals surface area contributed by atoms with Gasteiger partial charge >= 0.3 is 0 Å². The van der Waals surface area contributed by atoms with Gasteiger partial charge in [-0.15, -0.1) is 0 Å². The summed E-state index contributed by atoms with van der Waals surface area (Å²) in [5.41, 5.74) is 7.94. The Morgan fingerprint density at radius 1 is 1.20 bits per heavy atom. The number of unbranched alkanes of at least 4 members (excludes halogenated alkanes) is 1. The Morgan fingerprint density at radius 3 is 2.59 bits per heavy atom. The van der Waals surface area contributed by atoms with E-state index in [1.807, 2.05) is 37.0 Å². The first kappa shape index (κ1) is 32.7. The molecule has 9 heteroatoms. The maximum absolute atomic E-state index is 12.8. The first-order valence-electron chi connectivity index (χ1n) is 15.9. The second-order valence-corrected chi connectivity index (χ2v) is 12.1. The van der Waals surface area contributed by atoms with Gasteiger partial charge in [0.2, 0.25) is 11.8 Å². The molecule has 0 unspecified atom stereocenters. The van der Waals surface area contributed by atoms with Crippen LogP contribution in [0.15, 0.2) is 31.0 Å². The molecule has 2 aliphatic rings. The van der Waals surface area contributed by atoms with Crippen molar-refractivity contribution in [3.63, 3.8) is 0 Å². The molecule has 0 spiro atoms. The van der Waals surface area contributed by atoms with Gasteiger partial charge in [0, 0.05) is 88.6 Å². The van der Waals surface area contributed by atoms with E-state index in [1.54, 1.807) is 12.3 Å². The first-order valence-corrected chi connectivity index (χ1v) is 15.9. The van der Waals surface area contributed by atoms with Crippen molar-refractivity contribution in [3.05, 3.63) is 58.9 Å². The topological polar surface area (TPSA) is 88.0 Å². The molecule has 0 bridgehead atoms. The summed E-state index contributed by atoms with van der Waals surface area (Å²) in [5.74, 6) is 0.795. The molecule has 4 rings (SSSR count). The highest BCUT2D eigenvalue weighted by Crippen LogP contribution is 2.40. The van der Waals surface area contributed by atoms with Gasteiger partial charge in [-0.2, -0.15) is 5.26 Å². The van der Waals surface area contributed by atoms with Crippen LogP contribution in [0.2, 0.25) is 0 Å². The van der Waals surface area contributed by atoms with Crippen LogP contribution in [0.4, 0.5) is 17.1 Å². The van der Waals surface area contributed by atoms with Gasteiger partial charge in [0.1, 0.15) is 11.6 Å². The fraction of sp³-hybridized carbons (Fsp3) is 0.514. The van der Waals surface area contributed by atoms with Gasteiger partial charge in [-0.1, -0.05) is 45.4 Å². The highest BCUT2D eigenvalue weighted by Gasteiger charge is 2.32. The van der Waals surface area contributed by atoms with Crippen molar-refractivity contribution in [1.82, 2.24) is 14.8 Å². The van der Waals surface area contributed by atoms with Crippen LogP contribution in [0.3, 0.4) is 0 Å². The van der Waals surface area contributed by atoms with Crippen LogP contribution in [0.25, 0.3) is 6.08 Å². The number of hydrogen-bond donors (Lipinski definition) is 1. The lowest BCUT2D eigenvalue weighted by atomic mass is 9.96. The van der Waals surface area contributed by atoms with E-state index >= 15 is 0 Å². The third-order valence-corrected chi connectivity index (χ3v) is 8.59. The highest BCUT2D eigenvalue weighted by molar-refractivity contribution is 5.88. The van der Waals surface area contributed by atoms with Gasteiger partial charge in [0.25, 0.3) is 0 Å². The zero-order valence-electron chi connectivity index (χ0n) is 27.4.